The Morgan fingerprint density at radius 3 is 2.54 bits per heavy atom. The number of carbonyl (C=O) groups excluding carboxylic acids is 2. The number of primary amides is 1. The Morgan fingerprint density at radius 2 is 1.85 bits per heavy atom. The van der Waals surface area contributed by atoms with Gasteiger partial charge in [0.1, 0.15) is 12.4 Å². The molecule has 3 rings (SSSR count). The molecule has 1 aliphatic rings. The summed E-state index contributed by atoms with van der Waals surface area (Å²) >= 11 is 0. The number of hydrogen-bond acceptors (Lipinski definition) is 4. The van der Waals surface area contributed by atoms with Crippen molar-refractivity contribution in [2.45, 2.75) is 31.5 Å². The van der Waals surface area contributed by atoms with Crippen molar-refractivity contribution in [3.8, 4) is 0 Å². The maximum atomic E-state index is 13.8. The zero-order chi connectivity index (χ0) is 18.5. The van der Waals surface area contributed by atoms with Crippen LogP contribution in [0, 0.1) is 5.82 Å². The van der Waals surface area contributed by atoms with E-state index in [0.29, 0.717) is 12.8 Å². The summed E-state index contributed by atoms with van der Waals surface area (Å²) in [6.45, 7) is 0.214. The molecule has 1 saturated carbocycles. The van der Waals surface area contributed by atoms with Gasteiger partial charge in [-0.05, 0) is 36.6 Å². The van der Waals surface area contributed by atoms with Gasteiger partial charge in [0.2, 0.25) is 5.91 Å². The van der Waals surface area contributed by atoms with E-state index < -0.39 is 17.8 Å². The van der Waals surface area contributed by atoms with Gasteiger partial charge in [-0.15, -0.1) is 0 Å². The third-order valence-corrected chi connectivity index (χ3v) is 4.28. The molecule has 136 valence electrons. The van der Waals surface area contributed by atoms with E-state index in [1.165, 1.54) is 18.2 Å². The lowest BCUT2D eigenvalue weighted by atomic mass is 9.86. The number of nitrogens with one attached hydrogen (secondary N) is 2. The summed E-state index contributed by atoms with van der Waals surface area (Å²) in [5.41, 5.74) is 6.60. The van der Waals surface area contributed by atoms with E-state index in [9.17, 15) is 14.0 Å². The number of nitrogens with two attached hydrogens (primary N) is 1. The van der Waals surface area contributed by atoms with Crippen LogP contribution in [0.1, 0.15) is 28.8 Å². The number of alkyl carbamates (subject to hydrolysis) is 1. The highest BCUT2D eigenvalue weighted by Gasteiger charge is 2.31. The molecule has 6 nitrogen and oxygen atoms in total. The van der Waals surface area contributed by atoms with E-state index in [0.717, 1.165) is 5.56 Å². The second kappa shape index (κ2) is 7.86. The topological polar surface area (TPSA) is 93.5 Å². The number of amides is 2. The van der Waals surface area contributed by atoms with Crippen molar-refractivity contribution < 1.29 is 18.7 Å². The number of ether oxygens (including phenoxy) is 1. The molecule has 7 heteroatoms. The van der Waals surface area contributed by atoms with Gasteiger partial charge in [0.05, 0.1) is 5.69 Å². The lowest BCUT2D eigenvalue weighted by Crippen LogP contribution is -2.49. The first-order chi connectivity index (χ1) is 12.5. The van der Waals surface area contributed by atoms with Crippen LogP contribution < -0.4 is 16.4 Å². The van der Waals surface area contributed by atoms with Crippen LogP contribution in [-0.4, -0.2) is 24.1 Å². The van der Waals surface area contributed by atoms with Crippen LogP contribution in [0.4, 0.5) is 14.9 Å². The Hall–Kier alpha value is -3.09. The smallest absolute Gasteiger partial charge is 0.407 e. The Labute approximate surface area is 150 Å². The van der Waals surface area contributed by atoms with Crippen molar-refractivity contribution in [1.82, 2.24) is 5.32 Å². The average Bonchev–Trinajstić information content (AvgIpc) is 2.60. The summed E-state index contributed by atoms with van der Waals surface area (Å²) in [6.07, 6.45) is 0.806. The predicted molar refractivity (Wildman–Crippen MR) is 95.1 cm³/mol. The quantitative estimate of drug-likeness (QED) is 0.741. The highest BCUT2D eigenvalue weighted by Crippen LogP contribution is 2.26. The fraction of sp³-hybridized carbons (Fsp3) is 0.263. The number of anilines is 1. The van der Waals surface area contributed by atoms with Crippen LogP contribution in [0.15, 0.2) is 48.5 Å². The van der Waals surface area contributed by atoms with E-state index in [1.54, 1.807) is 0 Å². The summed E-state index contributed by atoms with van der Waals surface area (Å²) in [5, 5.41) is 5.81. The largest absolute Gasteiger partial charge is 0.445 e. The second-order valence-electron chi connectivity index (χ2n) is 6.27. The molecule has 4 N–H and O–H groups in total. The summed E-state index contributed by atoms with van der Waals surface area (Å²) in [6, 6.07) is 13.3. The van der Waals surface area contributed by atoms with Gasteiger partial charge < -0.3 is 21.1 Å². The number of hydrogen-bond donors (Lipinski definition) is 3. The first-order valence-electron chi connectivity index (χ1n) is 8.34. The summed E-state index contributed by atoms with van der Waals surface area (Å²) in [5.74, 6) is -1.06. The predicted octanol–water partition coefficient (Wildman–Crippen LogP) is 2.79. The highest BCUT2D eigenvalue weighted by molar-refractivity contribution is 5.93. The Bertz CT molecular complexity index is 792. The summed E-state index contributed by atoms with van der Waals surface area (Å²) < 4.78 is 19.0. The van der Waals surface area contributed by atoms with E-state index in [2.05, 4.69) is 10.6 Å². The number of benzene rings is 2. The molecule has 2 amide bonds. The molecule has 1 fully saturated rings. The molecule has 0 heterocycles. The van der Waals surface area contributed by atoms with E-state index >= 15 is 0 Å². The van der Waals surface area contributed by atoms with Gasteiger partial charge in [-0.1, -0.05) is 30.3 Å². The number of rotatable bonds is 6. The normalized spacial score (nSPS) is 18.5. The van der Waals surface area contributed by atoms with Crippen LogP contribution in [0.3, 0.4) is 0 Å². The first-order valence-corrected chi connectivity index (χ1v) is 8.34. The molecular weight excluding hydrogens is 337 g/mol. The lowest BCUT2D eigenvalue weighted by molar-refractivity contribution is 0.1000. The van der Waals surface area contributed by atoms with Gasteiger partial charge in [-0.25, -0.2) is 9.18 Å². The maximum absolute atomic E-state index is 13.8. The van der Waals surface area contributed by atoms with Crippen LogP contribution in [0.5, 0.6) is 0 Å². The third-order valence-electron chi connectivity index (χ3n) is 4.28. The fourth-order valence-corrected chi connectivity index (χ4v) is 2.79. The maximum Gasteiger partial charge on any atom is 0.407 e. The Morgan fingerprint density at radius 1 is 1.12 bits per heavy atom. The molecule has 2 aromatic carbocycles. The minimum atomic E-state index is -0.609. The first kappa shape index (κ1) is 17.7. The van der Waals surface area contributed by atoms with E-state index in [1.807, 2.05) is 30.3 Å². The molecule has 0 unspecified atom stereocenters. The molecular formula is C19H20FN3O3. The van der Waals surface area contributed by atoms with E-state index in [4.69, 9.17) is 10.5 Å². The Balaban J connectivity index is 1.42. The van der Waals surface area contributed by atoms with Crippen LogP contribution in [0.2, 0.25) is 0 Å². The second-order valence-corrected chi connectivity index (χ2v) is 6.27. The average molecular weight is 357 g/mol. The summed E-state index contributed by atoms with van der Waals surface area (Å²) in [4.78, 5) is 23.0. The van der Waals surface area contributed by atoms with Crippen LogP contribution >= 0.6 is 0 Å². The minimum absolute atomic E-state index is 0.00653. The molecule has 26 heavy (non-hydrogen) atoms. The number of carbonyl (C=O) groups is 2. The van der Waals surface area contributed by atoms with Crippen molar-refractivity contribution in [3.05, 3.63) is 65.5 Å². The van der Waals surface area contributed by atoms with Gasteiger partial charge in [0.25, 0.3) is 0 Å². The number of halogens is 1. The standard InChI is InChI=1S/C19H20FN3O3/c20-16-7-6-13(18(21)24)8-17(16)22-14-9-15(10-14)23-19(25)26-11-12-4-2-1-3-5-12/h1-8,14-15,22H,9-11H2,(H2,21,24)(H,23,25). The molecule has 1 aliphatic carbocycles. The van der Waals surface area contributed by atoms with Crippen molar-refractivity contribution >= 4 is 17.7 Å². The molecule has 0 atom stereocenters. The molecule has 0 radical (unpaired) electrons. The van der Waals surface area contributed by atoms with Crippen molar-refractivity contribution in [3.63, 3.8) is 0 Å². The van der Waals surface area contributed by atoms with Gasteiger partial charge in [-0.2, -0.15) is 0 Å². The molecule has 0 spiro atoms. The Kier molecular flexibility index (Phi) is 5.36. The molecule has 2 aromatic rings. The zero-order valence-electron chi connectivity index (χ0n) is 14.1. The van der Waals surface area contributed by atoms with Crippen molar-refractivity contribution in [2.24, 2.45) is 5.73 Å². The molecule has 0 aliphatic heterocycles. The van der Waals surface area contributed by atoms with Gasteiger partial charge in [-0.3, -0.25) is 4.79 Å². The van der Waals surface area contributed by atoms with Crippen LogP contribution in [-0.2, 0) is 11.3 Å². The fourth-order valence-electron chi connectivity index (χ4n) is 2.79. The third kappa shape index (κ3) is 4.50. The van der Waals surface area contributed by atoms with Gasteiger partial charge >= 0.3 is 6.09 Å². The van der Waals surface area contributed by atoms with Crippen molar-refractivity contribution in [2.75, 3.05) is 5.32 Å². The SMILES string of the molecule is NC(=O)c1ccc(F)c(NC2CC(NC(=O)OCc3ccccc3)C2)c1. The van der Waals surface area contributed by atoms with Crippen LogP contribution in [0.25, 0.3) is 0 Å². The lowest BCUT2D eigenvalue weighted by Gasteiger charge is -2.36. The highest BCUT2D eigenvalue weighted by atomic mass is 19.1. The molecule has 0 bridgehead atoms. The molecule has 0 saturated heterocycles. The van der Waals surface area contributed by atoms with Gasteiger partial charge in [0, 0.05) is 17.6 Å². The van der Waals surface area contributed by atoms with E-state index in [-0.39, 0.29) is 29.9 Å². The monoisotopic (exact) mass is 357 g/mol. The molecule has 0 aromatic heterocycles. The van der Waals surface area contributed by atoms with Crippen molar-refractivity contribution in [1.29, 1.82) is 0 Å². The van der Waals surface area contributed by atoms with Gasteiger partial charge in [0.15, 0.2) is 0 Å². The zero-order valence-corrected chi connectivity index (χ0v) is 14.1. The minimum Gasteiger partial charge on any atom is -0.445 e. The summed E-state index contributed by atoms with van der Waals surface area (Å²) in [7, 11) is 0.